The van der Waals surface area contributed by atoms with E-state index in [0.717, 1.165) is 23.5 Å². The molecule has 0 bridgehead atoms. The van der Waals surface area contributed by atoms with E-state index in [9.17, 15) is 4.39 Å². The third kappa shape index (κ3) is 6.57. The molecule has 0 aliphatic carbocycles. The van der Waals surface area contributed by atoms with Gasteiger partial charge in [0.25, 0.3) is 0 Å². The first kappa shape index (κ1) is 25.2. The number of aromatic nitrogens is 5. The van der Waals surface area contributed by atoms with Crippen LogP contribution in [0.1, 0.15) is 43.9 Å². The fraction of sp³-hybridized carbons (Fsp3) is 0.333. The third-order valence-corrected chi connectivity index (χ3v) is 6.26. The van der Waals surface area contributed by atoms with Gasteiger partial charge in [-0.2, -0.15) is 0 Å². The minimum absolute atomic E-state index is 0.116. The predicted molar refractivity (Wildman–Crippen MR) is 136 cm³/mol. The van der Waals surface area contributed by atoms with E-state index in [4.69, 9.17) is 4.74 Å². The summed E-state index contributed by atoms with van der Waals surface area (Å²) < 4.78 is 23.0. The number of halogens is 1. The topological polar surface area (TPSA) is 89.8 Å². The zero-order valence-electron chi connectivity index (χ0n) is 20.0. The Morgan fingerprint density at radius 2 is 2.00 bits per heavy atom. The summed E-state index contributed by atoms with van der Waals surface area (Å²) in [7, 11) is 1.55. The van der Waals surface area contributed by atoms with Crippen LogP contribution in [0.3, 0.4) is 0 Å². The van der Waals surface area contributed by atoms with Gasteiger partial charge in [-0.15, -0.1) is 10.2 Å². The first-order valence-electron chi connectivity index (χ1n) is 10.9. The Morgan fingerprint density at radius 3 is 2.68 bits per heavy atom. The number of hydrogen-bond donors (Lipinski definition) is 2. The van der Waals surface area contributed by atoms with Crippen molar-refractivity contribution >= 4 is 29.7 Å². The van der Waals surface area contributed by atoms with Gasteiger partial charge in [0.1, 0.15) is 11.6 Å². The lowest BCUT2D eigenvalue weighted by Crippen LogP contribution is -2.15. The van der Waals surface area contributed by atoms with Gasteiger partial charge in [0.15, 0.2) is 5.82 Å². The van der Waals surface area contributed by atoms with E-state index >= 15 is 0 Å². The van der Waals surface area contributed by atoms with E-state index in [1.165, 1.54) is 23.6 Å². The van der Waals surface area contributed by atoms with Crippen molar-refractivity contribution in [2.24, 2.45) is 0 Å². The lowest BCUT2D eigenvalue weighted by Gasteiger charge is -2.19. The Bertz CT molecular complexity index is 1120. The Labute approximate surface area is 204 Å². The fourth-order valence-corrected chi connectivity index (χ4v) is 3.82. The number of rotatable bonds is 10. The summed E-state index contributed by atoms with van der Waals surface area (Å²) in [6.45, 7) is 9.01. The van der Waals surface area contributed by atoms with Crippen molar-refractivity contribution in [1.82, 2.24) is 30.0 Å². The SMILES string of the molecule is COC(/C=C\C=C\F)=C\n1c(NSC(C)C(C)c2ncc(C)cn2)nnc1C1=CNCC(C)=C1. The molecule has 34 heavy (non-hydrogen) atoms. The van der Waals surface area contributed by atoms with Crippen molar-refractivity contribution in [3.05, 3.63) is 77.8 Å². The second-order valence-electron chi connectivity index (χ2n) is 7.93. The van der Waals surface area contributed by atoms with E-state index in [1.54, 1.807) is 25.5 Å². The molecular weight excluding hydrogens is 453 g/mol. The summed E-state index contributed by atoms with van der Waals surface area (Å²) in [5.41, 5.74) is 3.10. The molecule has 2 aromatic rings. The molecule has 0 radical (unpaired) electrons. The van der Waals surface area contributed by atoms with Gasteiger partial charge in [0.2, 0.25) is 5.95 Å². The largest absolute Gasteiger partial charge is 0.495 e. The zero-order valence-corrected chi connectivity index (χ0v) is 20.8. The van der Waals surface area contributed by atoms with Crippen LogP contribution in [-0.4, -0.2) is 43.6 Å². The maximum Gasteiger partial charge on any atom is 0.239 e. The molecule has 3 rings (SSSR count). The Balaban J connectivity index is 1.87. The van der Waals surface area contributed by atoms with Crippen LogP contribution >= 0.6 is 11.9 Å². The number of hydrogen-bond acceptors (Lipinski definition) is 8. The van der Waals surface area contributed by atoms with Gasteiger partial charge in [-0.05, 0) is 49.6 Å². The molecule has 0 saturated heterocycles. The Morgan fingerprint density at radius 1 is 1.24 bits per heavy atom. The highest BCUT2D eigenvalue weighted by atomic mass is 32.2. The van der Waals surface area contributed by atoms with Crippen LogP contribution in [0.15, 0.2) is 60.6 Å². The van der Waals surface area contributed by atoms with Gasteiger partial charge in [-0.1, -0.05) is 25.5 Å². The summed E-state index contributed by atoms with van der Waals surface area (Å²) in [6.07, 6.45) is 14.4. The van der Waals surface area contributed by atoms with Crippen molar-refractivity contribution < 1.29 is 9.13 Å². The average molecular weight is 484 g/mol. The number of nitrogens with one attached hydrogen (secondary N) is 2. The van der Waals surface area contributed by atoms with E-state index in [-0.39, 0.29) is 11.2 Å². The highest BCUT2D eigenvalue weighted by Gasteiger charge is 2.21. The van der Waals surface area contributed by atoms with Gasteiger partial charge in [0, 0.05) is 41.9 Å². The number of dihydropyridines is 1. The lowest BCUT2D eigenvalue weighted by atomic mass is 10.1. The average Bonchev–Trinajstić information content (AvgIpc) is 3.24. The molecule has 0 fully saturated rings. The molecule has 8 nitrogen and oxygen atoms in total. The minimum atomic E-state index is 0.116. The molecule has 0 amide bonds. The molecule has 1 aliphatic rings. The van der Waals surface area contributed by atoms with Crippen LogP contribution in [0.4, 0.5) is 10.3 Å². The monoisotopic (exact) mass is 483 g/mol. The summed E-state index contributed by atoms with van der Waals surface area (Å²) in [4.78, 5) is 8.92. The summed E-state index contributed by atoms with van der Waals surface area (Å²) in [5, 5.41) is 12.2. The number of methoxy groups -OCH3 is 1. The van der Waals surface area contributed by atoms with E-state index in [0.29, 0.717) is 23.9 Å². The van der Waals surface area contributed by atoms with Crippen LogP contribution in [0.5, 0.6) is 0 Å². The number of ether oxygens (including phenoxy) is 1. The Kier molecular flexibility index (Phi) is 9.03. The van der Waals surface area contributed by atoms with Gasteiger partial charge in [0.05, 0.1) is 19.6 Å². The highest BCUT2D eigenvalue weighted by Crippen LogP contribution is 2.28. The third-order valence-electron chi connectivity index (χ3n) is 5.18. The van der Waals surface area contributed by atoms with Gasteiger partial charge < -0.3 is 10.1 Å². The van der Waals surface area contributed by atoms with Crippen LogP contribution < -0.4 is 10.0 Å². The highest BCUT2D eigenvalue weighted by molar-refractivity contribution is 8.01. The van der Waals surface area contributed by atoms with E-state index in [1.807, 2.05) is 37.0 Å². The number of anilines is 1. The molecule has 2 N–H and O–H groups in total. The van der Waals surface area contributed by atoms with Crippen molar-refractivity contribution in [3.63, 3.8) is 0 Å². The molecule has 1 aliphatic heterocycles. The first-order valence-corrected chi connectivity index (χ1v) is 11.8. The molecule has 0 spiro atoms. The van der Waals surface area contributed by atoms with Crippen molar-refractivity contribution in [3.8, 4) is 0 Å². The summed E-state index contributed by atoms with van der Waals surface area (Å²) in [6, 6.07) is 0. The van der Waals surface area contributed by atoms with E-state index < -0.39 is 0 Å². The number of nitrogens with zero attached hydrogens (tertiary/aromatic N) is 5. The van der Waals surface area contributed by atoms with Crippen molar-refractivity contribution in [2.45, 2.75) is 38.9 Å². The molecular formula is C24H30FN7OS. The fourth-order valence-electron chi connectivity index (χ4n) is 3.07. The first-order chi connectivity index (χ1) is 16.4. The molecule has 3 heterocycles. The predicted octanol–water partition coefficient (Wildman–Crippen LogP) is 5.00. The maximum absolute atomic E-state index is 12.4. The maximum atomic E-state index is 12.4. The van der Waals surface area contributed by atoms with Crippen LogP contribution in [0.2, 0.25) is 0 Å². The van der Waals surface area contributed by atoms with E-state index in [2.05, 4.69) is 50.1 Å². The van der Waals surface area contributed by atoms with Crippen molar-refractivity contribution in [2.75, 3.05) is 18.4 Å². The number of allylic oxidation sites excluding steroid dienone is 5. The van der Waals surface area contributed by atoms with Crippen LogP contribution in [0.25, 0.3) is 11.8 Å². The molecule has 0 aromatic carbocycles. The number of aryl methyl sites for hydroxylation is 1. The summed E-state index contributed by atoms with van der Waals surface area (Å²) >= 11 is 1.51. The molecule has 0 saturated carbocycles. The molecule has 180 valence electrons. The molecule has 2 aromatic heterocycles. The Hall–Kier alpha value is -3.40. The molecule has 2 atom stereocenters. The molecule has 10 heteroatoms. The smallest absolute Gasteiger partial charge is 0.239 e. The zero-order chi connectivity index (χ0) is 24.5. The van der Waals surface area contributed by atoms with Gasteiger partial charge in [-0.25, -0.2) is 14.4 Å². The quantitative estimate of drug-likeness (QED) is 0.277. The minimum Gasteiger partial charge on any atom is -0.495 e. The standard InChI is InChI=1S/C24H30FN7OS/c1-16-10-20(14-26-11-16)23-29-30-24(32(23)15-21(33-5)8-6-7-9-25)31-34-19(4)18(3)22-27-12-17(2)13-28-22/h6-10,12-15,18-19,26H,11H2,1-5H3,(H,30,31)/b8-6-,9-7+,21-15-. The normalized spacial score (nSPS) is 16.2. The van der Waals surface area contributed by atoms with Crippen molar-refractivity contribution in [1.29, 1.82) is 0 Å². The van der Waals surface area contributed by atoms with Crippen LogP contribution in [0, 0.1) is 6.92 Å². The second kappa shape index (κ2) is 12.2. The van der Waals surface area contributed by atoms with Gasteiger partial charge >= 0.3 is 0 Å². The second-order valence-corrected chi connectivity index (χ2v) is 9.12. The summed E-state index contributed by atoms with van der Waals surface area (Å²) in [5.74, 6) is 2.59. The lowest BCUT2D eigenvalue weighted by molar-refractivity contribution is 0.309. The molecule has 2 unspecified atom stereocenters. The van der Waals surface area contributed by atoms with Gasteiger partial charge in [-0.3, -0.25) is 9.29 Å². The van der Waals surface area contributed by atoms with Crippen LogP contribution in [-0.2, 0) is 4.74 Å².